The molecule has 0 saturated heterocycles. The van der Waals surface area contributed by atoms with Crippen molar-refractivity contribution < 1.29 is 19.2 Å². The van der Waals surface area contributed by atoms with E-state index in [0.717, 1.165) is 5.56 Å². The Bertz CT molecular complexity index is 1170. The topological polar surface area (TPSA) is 103 Å². The highest BCUT2D eigenvalue weighted by Crippen LogP contribution is 2.29. The van der Waals surface area contributed by atoms with E-state index in [1.807, 2.05) is 0 Å². The lowest BCUT2D eigenvalue weighted by Gasteiger charge is -2.12. The van der Waals surface area contributed by atoms with Crippen molar-refractivity contribution >= 4 is 41.0 Å². The zero-order valence-electron chi connectivity index (χ0n) is 16.7. The Balaban J connectivity index is 1.62. The van der Waals surface area contributed by atoms with Gasteiger partial charge in [-0.1, -0.05) is 29.3 Å². The molecular formula is C22H17Cl2N3O5. The smallest absolute Gasteiger partial charge is 0.271 e. The van der Waals surface area contributed by atoms with Crippen molar-refractivity contribution in [2.45, 2.75) is 6.61 Å². The highest BCUT2D eigenvalue weighted by atomic mass is 35.5. The first-order chi connectivity index (χ1) is 15.4. The lowest BCUT2D eigenvalue weighted by Crippen LogP contribution is -2.17. The fourth-order valence-corrected chi connectivity index (χ4v) is 3.11. The van der Waals surface area contributed by atoms with Gasteiger partial charge in [0, 0.05) is 33.3 Å². The van der Waals surface area contributed by atoms with Crippen molar-refractivity contribution in [1.82, 2.24) is 5.43 Å². The molecule has 1 amide bonds. The Hall–Kier alpha value is -3.62. The zero-order valence-corrected chi connectivity index (χ0v) is 18.3. The normalized spacial score (nSPS) is 10.7. The first-order valence-electron chi connectivity index (χ1n) is 9.20. The number of amides is 1. The maximum absolute atomic E-state index is 12.1. The van der Waals surface area contributed by atoms with E-state index in [1.165, 1.54) is 37.6 Å². The summed E-state index contributed by atoms with van der Waals surface area (Å²) in [6.45, 7) is 0.227. The van der Waals surface area contributed by atoms with Crippen molar-refractivity contribution in [3.63, 3.8) is 0 Å². The number of non-ortho nitro benzene ring substituents is 1. The molecule has 0 spiro atoms. The number of nitrogens with zero attached hydrogens (tertiary/aromatic N) is 2. The van der Waals surface area contributed by atoms with E-state index in [4.69, 9.17) is 32.7 Å². The predicted octanol–water partition coefficient (Wildman–Crippen LogP) is 5.25. The average Bonchev–Trinajstić information content (AvgIpc) is 2.79. The maximum Gasteiger partial charge on any atom is 0.271 e. The Morgan fingerprint density at radius 2 is 1.84 bits per heavy atom. The third-order valence-electron chi connectivity index (χ3n) is 4.31. The van der Waals surface area contributed by atoms with Crippen molar-refractivity contribution in [3.8, 4) is 11.5 Å². The summed E-state index contributed by atoms with van der Waals surface area (Å²) >= 11 is 12.1. The van der Waals surface area contributed by atoms with Gasteiger partial charge in [0.2, 0.25) is 0 Å². The van der Waals surface area contributed by atoms with E-state index >= 15 is 0 Å². The van der Waals surface area contributed by atoms with Crippen LogP contribution in [0.3, 0.4) is 0 Å². The van der Waals surface area contributed by atoms with E-state index < -0.39 is 10.8 Å². The lowest BCUT2D eigenvalue weighted by molar-refractivity contribution is -0.384. The number of ether oxygens (including phenoxy) is 2. The van der Waals surface area contributed by atoms with Crippen LogP contribution in [0.25, 0.3) is 0 Å². The van der Waals surface area contributed by atoms with Gasteiger partial charge in [0.15, 0.2) is 11.5 Å². The molecule has 3 aromatic rings. The standard InChI is InChI=1S/C22H17Cl2N3O5/c1-31-21-10-14(2-9-20(21)32-13-16-3-6-17(23)11-19(16)24)12-25-26-22(28)15-4-7-18(8-5-15)27(29)30/h2-12H,13H2,1H3,(H,26,28)/b25-12-. The van der Waals surface area contributed by atoms with Gasteiger partial charge < -0.3 is 9.47 Å². The predicted molar refractivity (Wildman–Crippen MR) is 122 cm³/mol. The third kappa shape index (κ3) is 5.96. The molecule has 0 saturated carbocycles. The monoisotopic (exact) mass is 473 g/mol. The Morgan fingerprint density at radius 1 is 1.09 bits per heavy atom. The third-order valence-corrected chi connectivity index (χ3v) is 4.89. The SMILES string of the molecule is COc1cc(/C=N\NC(=O)c2ccc([N+](=O)[O-])cc2)ccc1OCc1ccc(Cl)cc1Cl. The highest BCUT2D eigenvalue weighted by molar-refractivity contribution is 6.35. The molecule has 0 bridgehead atoms. The number of nitro benzene ring substituents is 1. The average molecular weight is 474 g/mol. The van der Waals surface area contributed by atoms with Crippen LogP contribution < -0.4 is 14.9 Å². The molecule has 0 aliphatic rings. The first kappa shape index (κ1) is 23.1. The molecule has 0 unspecified atom stereocenters. The van der Waals surface area contributed by atoms with E-state index in [-0.39, 0.29) is 17.9 Å². The number of carbonyl (C=O) groups is 1. The second-order valence-corrected chi connectivity index (χ2v) is 7.28. The number of halogens is 2. The van der Waals surface area contributed by atoms with Crippen LogP contribution in [0.2, 0.25) is 10.0 Å². The number of nitrogens with one attached hydrogen (secondary N) is 1. The number of hydrazone groups is 1. The summed E-state index contributed by atoms with van der Waals surface area (Å²) in [6, 6.07) is 15.5. The number of nitro groups is 1. The fourth-order valence-electron chi connectivity index (χ4n) is 2.64. The van der Waals surface area contributed by atoms with E-state index in [0.29, 0.717) is 27.1 Å². The summed E-state index contributed by atoms with van der Waals surface area (Å²) in [4.78, 5) is 22.2. The minimum atomic E-state index is -0.537. The Labute approximate surface area is 193 Å². The molecule has 0 aliphatic heterocycles. The molecule has 0 atom stereocenters. The number of methoxy groups -OCH3 is 1. The summed E-state index contributed by atoms with van der Waals surface area (Å²) in [5.74, 6) is 0.481. The molecule has 0 radical (unpaired) electrons. The summed E-state index contributed by atoms with van der Waals surface area (Å²) < 4.78 is 11.2. The molecule has 3 rings (SSSR count). The van der Waals surface area contributed by atoms with Crippen molar-refractivity contribution in [2.24, 2.45) is 5.10 Å². The van der Waals surface area contributed by atoms with E-state index in [9.17, 15) is 14.9 Å². The van der Waals surface area contributed by atoms with E-state index in [2.05, 4.69) is 10.5 Å². The van der Waals surface area contributed by atoms with Gasteiger partial charge in [-0.2, -0.15) is 5.10 Å². The fraction of sp³-hybridized carbons (Fsp3) is 0.0909. The molecule has 0 heterocycles. The molecule has 164 valence electrons. The summed E-state index contributed by atoms with van der Waals surface area (Å²) in [6.07, 6.45) is 1.44. The van der Waals surface area contributed by atoms with Gasteiger partial charge >= 0.3 is 0 Å². The minimum absolute atomic E-state index is 0.0993. The van der Waals surface area contributed by atoms with Gasteiger partial charge in [0.05, 0.1) is 18.2 Å². The van der Waals surface area contributed by atoms with E-state index in [1.54, 1.807) is 36.4 Å². The number of rotatable bonds is 8. The van der Waals surface area contributed by atoms with Crippen LogP contribution >= 0.6 is 23.2 Å². The van der Waals surface area contributed by atoms with Gasteiger partial charge in [-0.05, 0) is 48.0 Å². The maximum atomic E-state index is 12.1. The molecular weight excluding hydrogens is 457 g/mol. The molecule has 1 N–H and O–H groups in total. The molecule has 8 nitrogen and oxygen atoms in total. The lowest BCUT2D eigenvalue weighted by atomic mass is 10.2. The van der Waals surface area contributed by atoms with Gasteiger partial charge in [0.25, 0.3) is 11.6 Å². The number of hydrogen-bond donors (Lipinski definition) is 1. The Kier molecular flexibility index (Phi) is 7.64. The number of hydrogen-bond acceptors (Lipinski definition) is 6. The molecule has 0 aromatic heterocycles. The molecule has 3 aromatic carbocycles. The minimum Gasteiger partial charge on any atom is -0.493 e. The molecule has 0 aliphatic carbocycles. The van der Waals surface area contributed by atoms with Crippen molar-refractivity contribution in [1.29, 1.82) is 0 Å². The van der Waals surface area contributed by atoms with Gasteiger partial charge in [-0.15, -0.1) is 0 Å². The zero-order chi connectivity index (χ0) is 23.1. The highest BCUT2D eigenvalue weighted by Gasteiger charge is 2.10. The number of carbonyl (C=O) groups excluding carboxylic acids is 1. The van der Waals surface area contributed by atoms with Crippen LogP contribution in [-0.2, 0) is 6.61 Å². The van der Waals surface area contributed by atoms with Crippen molar-refractivity contribution in [2.75, 3.05) is 7.11 Å². The van der Waals surface area contributed by atoms with Crippen LogP contribution in [0.4, 0.5) is 5.69 Å². The summed E-state index contributed by atoms with van der Waals surface area (Å²) in [5.41, 5.74) is 3.95. The van der Waals surface area contributed by atoms with Crippen LogP contribution in [-0.4, -0.2) is 24.2 Å². The molecule has 10 heteroatoms. The van der Waals surface area contributed by atoms with Crippen LogP contribution in [0, 0.1) is 10.1 Å². The van der Waals surface area contributed by atoms with Gasteiger partial charge in [0.1, 0.15) is 6.61 Å². The summed E-state index contributed by atoms with van der Waals surface area (Å²) in [5, 5.41) is 15.6. The first-order valence-corrected chi connectivity index (χ1v) is 9.95. The van der Waals surface area contributed by atoms with Crippen LogP contribution in [0.5, 0.6) is 11.5 Å². The van der Waals surface area contributed by atoms with Gasteiger partial charge in [-0.25, -0.2) is 5.43 Å². The van der Waals surface area contributed by atoms with Crippen LogP contribution in [0.1, 0.15) is 21.5 Å². The van der Waals surface area contributed by atoms with Crippen LogP contribution in [0.15, 0.2) is 65.8 Å². The quantitative estimate of drug-likeness (QED) is 0.273. The second-order valence-electron chi connectivity index (χ2n) is 6.44. The van der Waals surface area contributed by atoms with Gasteiger partial charge in [-0.3, -0.25) is 14.9 Å². The summed E-state index contributed by atoms with van der Waals surface area (Å²) in [7, 11) is 1.51. The largest absolute Gasteiger partial charge is 0.493 e. The second kappa shape index (κ2) is 10.6. The molecule has 32 heavy (non-hydrogen) atoms. The molecule has 0 fully saturated rings. The van der Waals surface area contributed by atoms with Crippen molar-refractivity contribution in [3.05, 3.63) is 97.5 Å². The number of benzene rings is 3. The Morgan fingerprint density at radius 3 is 2.50 bits per heavy atom.